The third-order valence-corrected chi connectivity index (χ3v) is 4.87. The first-order chi connectivity index (χ1) is 13.0. The maximum atomic E-state index is 11.6. The predicted molar refractivity (Wildman–Crippen MR) is 101 cm³/mol. The molecule has 1 fully saturated rings. The molecule has 0 saturated carbocycles. The molecule has 2 unspecified atom stereocenters. The summed E-state index contributed by atoms with van der Waals surface area (Å²) in [5.41, 5.74) is 9.15. The number of nitrogens with two attached hydrogens (primary N) is 1. The Bertz CT molecular complexity index is 1030. The summed E-state index contributed by atoms with van der Waals surface area (Å²) < 4.78 is 13.4. The number of aromatic nitrogens is 3. The summed E-state index contributed by atoms with van der Waals surface area (Å²) in [5.74, 6) is 0.859. The Balaban J connectivity index is 1.86. The zero-order chi connectivity index (χ0) is 19.1. The number of carbonyl (C=O) groups excluding carboxylic acids is 1. The van der Waals surface area contributed by atoms with Crippen LogP contribution in [0.4, 0.5) is 0 Å². The standard InChI is InChI=1S/C20H22N4O3/c1-4-26-16-7-17(24-8-12(3)22-10-24)23-18-11(2)5-13(6-14(16)18)19-15(9-27-19)20(21)25/h5-8,10,15,19H,4,9H2,1-3H3,(H2,21,25). The average Bonchev–Trinajstić information content (AvgIpc) is 3.00. The number of fused-ring (bicyclic) bond motifs is 1. The highest BCUT2D eigenvalue weighted by Gasteiger charge is 2.38. The number of benzene rings is 1. The van der Waals surface area contributed by atoms with Crippen LogP contribution in [0.25, 0.3) is 16.7 Å². The van der Waals surface area contributed by atoms with Crippen LogP contribution in [0.15, 0.2) is 30.7 Å². The number of pyridine rings is 1. The molecule has 0 bridgehead atoms. The minimum Gasteiger partial charge on any atom is -0.493 e. The van der Waals surface area contributed by atoms with Gasteiger partial charge in [0.25, 0.3) is 0 Å². The number of carbonyl (C=O) groups is 1. The number of imidazole rings is 1. The van der Waals surface area contributed by atoms with Crippen molar-refractivity contribution >= 4 is 16.8 Å². The van der Waals surface area contributed by atoms with E-state index in [1.165, 1.54) is 0 Å². The molecule has 27 heavy (non-hydrogen) atoms. The minimum absolute atomic E-state index is 0.293. The fraction of sp³-hybridized carbons (Fsp3) is 0.350. The largest absolute Gasteiger partial charge is 0.493 e. The summed E-state index contributed by atoms with van der Waals surface area (Å²) >= 11 is 0. The number of hydrogen-bond donors (Lipinski definition) is 1. The maximum absolute atomic E-state index is 11.6. The first kappa shape index (κ1) is 17.5. The molecular weight excluding hydrogens is 344 g/mol. The molecular formula is C20H22N4O3. The molecule has 7 nitrogen and oxygen atoms in total. The van der Waals surface area contributed by atoms with Crippen molar-refractivity contribution in [3.8, 4) is 11.6 Å². The lowest BCUT2D eigenvalue weighted by Crippen LogP contribution is -2.42. The van der Waals surface area contributed by atoms with Crippen LogP contribution in [0, 0.1) is 19.8 Å². The molecule has 2 N–H and O–H groups in total. The van der Waals surface area contributed by atoms with Crippen molar-refractivity contribution < 1.29 is 14.3 Å². The van der Waals surface area contributed by atoms with E-state index in [4.69, 9.17) is 20.2 Å². The van der Waals surface area contributed by atoms with Crippen molar-refractivity contribution in [2.24, 2.45) is 11.7 Å². The van der Waals surface area contributed by atoms with E-state index >= 15 is 0 Å². The lowest BCUT2D eigenvalue weighted by Gasteiger charge is -2.35. The quantitative estimate of drug-likeness (QED) is 0.749. The topological polar surface area (TPSA) is 92.3 Å². The summed E-state index contributed by atoms with van der Waals surface area (Å²) in [6, 6.07) is 5.90. The second kappa shape index (κ2) is 6.66. The number of aryl methyl sites for hydroxylation is 2. The molecule has 2 aromatic heterocycles. The van der Waals surface area contributed by atoms with Gasteiger partial charge in [0, 0.05) is 17.6 Å². The number of ether oxygens (including phenoxy) is 2. The second-order valence-electron chi connectivity index (χ2n) is 6.83. The van der Waals surface area contributed by atoms with Gasteiger partial charge in [-0.1, -0.05) is 6.07 Å². The molecule has 1 aliphatic heterocycles. The summed E-state index contributed by atoms with van der Waals surface area (Å²) in [5, 5.41) is 0.895. The van der Waals surface area contributed by atoms with E-state index in [0.717, 1.165) is 39.3 Å². The van der Waals surface area contributed by atoms with Crippen molar-refractivity contribution in [1.82, 2.24) is 14.5 Å². The highest BCUT2D eigenvalue weighted by atomic mass is 16.5. The molecule has 1 aromatic carbocycles. The van der Waals surface area contributed by atoms with Crippen LogP contribution in [0.1, 0.15) is 29.8 Å². The maximum Gasteiger partial charge on any atom is 0.225 e. The highest BCUT2D eigenvalue weighted by Crippen LogP contribution is 2.39. The van der Waals surface area contributed by atoms with Gasteiger partial charge in [0.05, 0.1) is 36.4 Å². The van der Waals surface area contributed by atoms with Crippen molar-refractivity contribution in [3.05, 3.63) is 47.5 Å². The van der Waals surface area contributed by atoms with Gasteiger partial charge in [0.1, 0.15) is 17.9 Å². The van der Waals surface area contributed by atoms with Gasteiger partial charge in [-0.3, -0.25) is 9.36 Å². The Kier molecular flexibility index (Phi) is 4.31. The van der Waals surface area contributed by atoms with E-state index in [9.17, 15) is 4.79 Å². The molecule has 140 valence electrons. The minimum atomic E-state index is -0.335. The smallest absolute Gasteiger partial charge is 0.225 e. The molecule has 4 rings (SSSR count). The van der Waals surface area contributed by atoms with Gasteiger partial charge in [-0.25, -0.2) is 9.97 Å². The third-order valence-electron chi connectivity index (χ3n) is 4.87. The molecule has 0 spiro atoms. The summed E-state index contributed by atoms with van der Waals surface area (Å²) in [7, 11) is 0. The van der Waals surface area contributed by atoms with Crippen LogP contribution >= 0.6 is 0 Å². The molecule has 1 saturated heterocycles. The van der Waals surface area contributed by atoms with Crippen LogP contribution in [0.3, 0.4) is 0 Å². The van der Waals surface area contributed by atoms with Gasteiger partial charge in [-0.05, 0) is 38.0 Å². The fourth-order valence-corrected chi connectivity index (χ4v) is 3.45. The first-order valence-corrected chi connectivity index (χ1v) is 8.98. The SMILES string of the molecule is CCOc1cc(-n2cnc(C)c2)nc2c(C)cc(C3OCC3C(N)=O)cc12. The average molecular weight is 366 g/mol. The predicted octanol–water partition coefficient (Wildman–Crippen LogP) is 2.61. The normalized spacial score (nSPS) is 19.1. The molecule has 2 atom stereocenters. The zero-order valence-corrected chi connectivity index (χ0v) is 15.6. The monoisotopic (exact) mass is 366 g/mol. The van der Waals surface area contributed by atoms with Gasteiger partial charge in [-0.2, -0.15) is 0 Å². The van der Waals surface area contributed by atoms with Crippen LogP contribution in [0.2, 0.25) is 0 Å². The van der Waals surface area contributed by atoms with E-state index in [-0.39, 0.29) is 17.9 Å². The Labute approximate surface area is 157 Å². The highest BCUT2D eigenvalue weighted by molar-refractivity contribution is 5.89. The number of nitrogens with zero attached hydrogens (tertiary/aromatic N) is 3. The van der Waals surface area contributed by atoms with Crippen LogP contribution in [0.5, 0.6) is 5.75 Å². The second-order valence-corrected chi connectivity index (χ2v) is 6.83. The van der Waals surface area contributed by atoms with E-state index in [0.29, 0.717) is 13.2 Å². The fourth-order valence-electron chi connectivity index (χ4n) is 3.45. The first-order valence-electron chi connectivity index (χ1n) is 8.98. The Morgan fingerprint density at radius 2 is 2.19 bits per heavy atom. The van der Waals surface area contributed by atoms with Gasteiger partial charge in [0.2, 0.25) is 5.91 Å². The zero-order valence-electron chi connectivity index (χ0n) is 15.6. The number of rotatable bonds is 5. The molecule has 1 aliphatic rings. The molecule has 0 aliphatic carbocycles. The van der Waals surface area contributed by atoms with Crippen LogP contribution in [-0.2, 0) is 9.53 Å². The van der Waals surface area contributed by atoms with Crippen molar-refractivity contribution in [2.45, 2.75) is 26.9 Å². The third kappa shape index (κ3) is 3.04. The van der Waals surface area contributed by atoms with E-state index < -0.39 is 0 Å². The van der Waals surface area contributed by atoms with Crippen molar-refractivity contribution in [1.29, 1.82) is 0 Å². The number of primary amides is 1. The number of amides is 1. The van der Waals surface area contributed by atoms with Gasteiger partial charge in [-0.15, -0.1) is 0 Å². The molecule has 7 heteroatoms. The van der Waals surface area contributed by atoms with Gasteiger partial charge in [0.15, 0.2) is 0 Å². The summed E-state index contributed by atoms with van der Waals surface area (Å²) in [6.45, 7) is 6.78. The van der Waals surface area contributed by atoms with Gasteiger partial charge < -0.3 is 15.2 Å². The Morgan fingerprint density at radius 3 is 2.78 bits per heavy atom. The van der Waals surface area contributed by atoms with Crippen molar-refractivity contribution in [3.63, 3.8) is 0 Å². The molecule has 1 amide bonds. The molecule has 0 radical (unpaired) electrons. The van der Waals surface area contributed by atoms with E-state index in [1.54, 1.807) is 6.33 Å². The number of hydrogen-bond acceptors (Lipinski definition) is 5. The van der Waals surface area contributed by atoms with Crippen LogP contribution in [-0.4, -0.2) is 33.7 Å². The lowest BCUT2D eigenvalue weighted by atomic mass is 9.89. The van der Waals surface area contributed by atoms with E-state index in [2.05, 4.69) is 4.98 Å². The Hall–Kier alpha value is -2.93. The lowest BCUT2D eigenvalue weighted by molar-refractivity contribution is -0.154. The van der Waals surface area contributed by atoms with E-state index in [1.807, 2.05) is 49.7 Å². The van der Waals surface area contributed by atoms with Gasteiger partial charge >= 0.3 is 0 Å². The van der Waals surface area contributed by atoms with Crippen LogP contribution < -0.4 is 10.5 Å². The molecule has 3 heterocycles. The summed E-state index contributed by atoms with van der Waals surface area (Å²) in [6.07, 6.45) is 3.35. The Morgan fingerprint density at radius 1 is 1.37 bits per heavy atom. The van der Waals surface area contributed by atoms with Crippen molar-refractivity contribution in [2.75, 3.05) is 13.2 Å². The summed E-state index contributed by atoms with van der Waals surface area (Å²) in [4.78, 5) is 20.7. The molecule has 3 aromatic rings.